The minimum Gasteiger partial charge on any atom is -0.503 e. The van der Waals surface area contributed by atoms with Gasteiger partial charge >= 0.3 is 5.97 Å². The molecule has 0 bridgehead atoms. The van der Waals surface area contributed by atoms with Crippen LogP contribution in [0.15, 0.2) is 66.9 Å². The van der Waals surface area contributed by atoms with E-state index in [1.165, 1.54) is 31.5 Å². The number of para-hydroxylation sites is 1. The van der Waals surface area contributed by atoms with Gasteiger partial charge < -0.3 is 19.3 Å². The predicted molar refractivity (Wildman–Crippen MR) is 122 cm³/mol. The van der Waals surface area contributed by atoms with Crippen LogP contribution < -0.4 is 9.47 Å². The van der Waals surface area contributed by atoms with Crippen LogP contribution in [0, 0.1) is 11.7 Å². The van der Waals surface area contributed by atoms with Gasteiger partial charge in [-0.2, -0.15) is 0 Å². The molecule has 3 aromatic rings. The molecule has 0 saturated heterocycles. The van der Waals surface area contributed by atoms with Crippen molar-refractivity contribution in [3.63, 3.8) is 0 Å². The Balaban J connectivity index is 1.71. The summed E-state index contributed by atoms with van der Waals surface area (Å²) in [6.45, 7) is 3.22. The lowest BCUT2D eigenvalue weighted by Gasteiger charge is -2.26. The van der Waals surface area contributed by atoms with Gasteiger partial charge in [-0.3, -0.25) is 9.59 Å². The third-order valence-corrected chi connectivity index (χ3v) is 5.20. The molecule has 0 aliphatic carbocycles. The Kier molecular flexibility index (Phi) is 8.19. The van der Waals surface area contributed by atoms with Crippen LogP contribution in [0.1, 0.15) is 42.4 Å². The summed E-state index contributed by atoms with van der Waals surface area (Å²) >= 11 is 0. The van der Waals surface area contributed by atoms with Gasteiger partial charge in [-0.1, -0.05) is 37.3 Å². The molecule has 0 radical (unpaired) electrons. The zero-order chi connectivity index (χ0) is 24.7. The topological polar surface area (TPSA) is 95.0 Å². The SMILES string of the molecule is COc1ccnc(C(=O)C[C@@H](C)C(=O)O[C@@H](C)[C@H](Oc2ccccc2)c2ccc(F)cc2)c1O. The summed E-state index contributed by atoms with van der Waals surface area (Å²) in [4.78, 5) is 29.3. The molecule has 0 unspecified atom stereocenters. The first-order chi connectivity index (χ1) is 16.3. The lowest BCUT2D eigenvalue weighted by molar-refractivity contribution is -0.157. The number of ketones is 1. The number of aromatic nitrogens is 1. The first kappa shape index (κ1) is 24.7. The van der Waals surface area contributed by atoms with Crippen LogP contribution in [0.3, 0.4) is 0 Å². The second-order valence-electron chi connectivity index (χ2n) is 7.78. The fourth-order valence-electron chi connectivity index (χ4n) is 3.36. The van der Waals surface area contributed by atoms with E-state index in [-0.39, 0.29) is 23.6 Å². The van der Waals surface area contributed by atoms with Crippen LogP contribution in [-0.4, -0.2) is 35.1 Å². The molecule has 7 nitrogen and oxygen atoms in total. The highest BCUT2D eigenvalue weighted by Crippen LogP contribution is 2.30. The number of rotatable bonds is 10. The molecule has 3 atom stereocenters. The van der Waals surface area contributed by atoms with E-state index >= 15 is 0 Å². The van der Waals surface area contributed by atoms with Gasteiger partial charge in [0.1, 0.15) is 17.7 Å². The van der Waals surface area contributed by atoms with E-state index in [0.717, 1.165) is 0 Å². The lowest BCUT2D eigenvalue weighted by atomic mass is 10.0. The predicted octanol–water partition coefficient (Wildman–Crippen LogP) is 4.90. The van der Waals surface area contributed by atoms with Crippen LogP contribution in [0.4, 0.5) is 4.39 Å². The number of aromatic hydroxyl groups is 1. The number of nitrogens with zero attached hydrogens (tertiary/aromatic N) is 1. The number of halogens is 1. The molecule has 3 rings (SSSR count). The van der Waals surface area contributed by atoms with Crippen molar-refractivity contribution in [2.45, 2.75) is 32.5 Å². The van der Waals surface area contributed by atoms with Crippen LogP contribution in [-0.2, 0) is 9.53 Å². The number of ether oxygens (including phenoxy) is 3. The molecule has 0 amide bonds. The second kappa shape index (κ2) is 11.3. The Bertz CT molecular complexity index is 1120. The van der Waals surface area contributed by atoms with Crippen molar-refractivity contribution in [2.75, 3.05) is 7.11 Å². The summed E-state index contributed by atoms with van der Waals surface area (Å²) in [6, 6.07) is 16.2. The zero-order valence-electron chi connectivity index (χ0n) is 19.1. The number of Topliss-reactive ketones (excluding diaryl/α,β-unsaturated/α-hetero) is 1. The fraction of sp³-hybridized carbons (Fsp3) is 0.269. The Morgan fingerprint density at radius 1 is 1.03 bits per heavy atom. The molecule has 0 fully saturated rings. The third kappa shape index (κ3) is 6.10. The largest absolute Gasteiger partial charge is 0.503 e. The van der Waals surface area contributed by atoms with Crippen molar-refractivity contribution in [3.8, 4) is 17.2 Å². The minimum absolute atomic E-state index is 0.113. The van der Waals surface area contributed by atoms with E-state index in [1.807, 2.05) is 18.2 Å². The van der Waals surface area contributed by atoms with Gasteiger partial charge in [-0.05, 0) is 36.8 Å². The van der Waals surface area contributed by atoms with Crippen LogP contribution in [0.2, 0.25) is 0 Å². The number of hydrogen-bond donors (Lipinski definition) is 1. The monoisotopic (exact) mass is 467 g/mol. The molecule has 0 aliphatic rings. The number of carbonyl (C=O) groups is 2. The molecule has 1 aromatic heterocycles. The maximum absolute atomic E-state index is 13.4. The summed E-state index contributed by atoms with van der Waals surface area (Å²) in [5, 5.41) is 10.1. The average molecular weight is 467 g/mol. The summed E-state index contributed by atoms with van der Waals surface area (Å²) in [5.41, 5.74) is 0.448. The summed E-state index contributed by atoms with van der Waals surface area (Å²) < 4.78 is 30.1. The molecule has 8 heteroatoms. The number of esters is 1. The zero-order valence-corrected chi connectivity index (χ0v) is 19.1. The van der Waals surface area contributed by atoms with Gasteiger partial charge in [0.25, 0.3) is 0 Å². The molecule has 2 aromatic carbocycles. The highest BCUT2D eigenvalue weighted by atomic mass is 19.1. The Hall–Kier alpha value is -3.94. The molecule has 0 saturated carbocycles. The normalized spacial score (nSPS) is 13.4. The summed E-state index contributed by atoms with van der Waals surface area (Å²) in [6.07, 6.45) is -0.344. The number of pyridine rings is 1. The lowest BCUT2D eigenvalue weighted by Crippen LogP contribution is -2.30. The summed E-state index contributed by atoms with van der Waals surface area (Å²) in [7, 11) is 1.36. The van der Waals surface area contributed by atoms with Gasteiger partial charge in [0, 0.05) is 18.7 Å². The molecule has 34 heavy (non-hydrogen) atoms. The van der Waals surface area contributed by atoms with E-state index in [9.17, 15) is 19.1 Å². The fourth-order valence-corrected chi connectivity index (χ4v) is 3.36. The molecular weight excluding hydrogens is 441 g/mol. The highest BCUT2D eigenvalue weighted by molar-refractivity contribution is 5.99. The molecule has 0 aliphatic heterocycles. The highest BCUT2D eigenvalue weighted by Gasteiger charge is 2.29. The van der Waals surface area contributed by atoms with Crippen LogP contribution in [0.25, 0.3) is 0 Å². The molecule has 0 spiro atoms. The van der Waals surface area contributed by atoms with Crippen LogP contribution >= 0.6 is 0 Å². The smallest absolute Gasteiger partial charge is 0.309 e. The Labute approximate surface area is 197 Å². The van der Waals surface area contributed by atoms with E-state index in [0.29, 0.717) is 11.3 Å². The first-order valence-electron chi connectivity index (χ1n) is 10.7. The number of benzene rings is 2. The van der Waals surface area contributed by atoms with Crippen molar-refractivity contribution in [1.29, 1.82) is 0 Å². The van der Waals surface area contributed by atoms with Crippen molar-refractivity contribution in [1.82, 2.24) is 4.98 Å². The minimum atomic E-state index is -0.812. The number of hydrogen-bond acceptors (Lipinski definition) is 7. The van der Waals surface area contributed by atoms with Gasteiger partial charge in [-0.15, -0.1) is 0 Å². The molecule has 178 valence electrons. The maximum Gasteiger partial charge on any atom is 0.309 e. The molecular formula is C26H26FNO6. The Morgan fingerprint density at radius 3 is 2.35 bits per heavy atom. The van der Waals surface area contributed by atoms with E-state index in [1.54, 1.807) is 38.1 Å². The van der Waals surface area contributed by atoms with Crippen molar-refractivity contribution in [2.24, 2.45) is 5.92 Å². The van der Waals surface area contributed by atoms with Crippen molar-refractivity contribution < 1.29 is 33.3 Å². The van der Waals surface area contributed by atoms with Gasteiger partial charge in [-0.25, -0.2) is 9.37 Å². The van der Waals surface area contributed by atoms with Gasteiger partial charge in [0.15, 0.2) is 29.1 Å². The summed E-state index contributed by atoms with van der Waals surface area (Å²) in [5.74, 6) is -2.06. The average Bonchev–Trinajstić information content (AvgIpc) is 2.83. The van der Waals surface area contributed by atoms with E-state index in [4.69, 9.17) is 14.2 Å². The van der Waals surface area contributed by atoms with Crippen molar-refractivity contribution >= 4 is 11.8 Å². The standard InChI is InChI=1S/C26H26FNO6/c1-16(15-21(29)23-24(30)22(32-3)13-14-28-23)26(31)33-17(2)25(18-9-11-19(27)12-10-18)34-20-7-5-4-6-8-20/h4-14,16-17,25,30H,15H2,1-3H3/t16-,17+,25+/m1/s1. The van der Waals surface area contributed by atoms with E-state index in [2.05, 4.69) is 4.98 Å². The Morgan fingerprint density at radius 2 is 1.71 bits per heavy atom. The van der Waals surface area contributed by atoms with Gasteiger partial charge in [0.05, 0.1) is 13.0 Å². The van der Waals surface area contributed by atoms with Gasteiger partial charge in [0.2, 0.25) is 0 Å². The van der Waals surface area contributed by atoms with E-state index < -0.39 is 35.7 Å². The maximum atomic E-state index is 13.4. The molecule has 1 heterocycles. The number of carbonyl (C=O) groups excluding carboxylic acids is 2. The first-order valence-corrected chi connectivity index (χ1v) is 10.7. The third-order valence-electron chi connectivity index (χ3n) is 5.20. The van der Waals surface area contributed by atoms with Crippen molar-refractivity contribution in [3.05, 3.63) is 83.9 Å². The second-order valence-corrected chi connectivity index (χ2v) is 7.78. The molecule has 1 N–H and O–H groups in total. The number of methoxy groups -OCH3 is 1. The quantitative estimate of drug-likeness (QED) is 0.335. The van der Waals surface area contributed by atoms with Crippen LogP contribution in [0.5, 0.6) is 17.2 Å².